The summed E-state index contributed by atoms with van der Waals surface area (Å²) in [6, 6.07) is 19.5. The van der Waals surface area contributed by atoms with E-state index < -0.39 is 0 Å². The molecule has 7 heteroatoms. The number of aromatic amines is 1. The van der Waals surface area contributed by atoms with Gasteiger partial charge >= 0.3 is 0 Å². The lowest BCUT2D eigenvalue weighted by Crippen LogP contribution is -1.99. The van der Waals surface area contributed by atoms with E-state index in [1.807, 2.05) is 6.07 Å². The van der Waals surface area contributed by atoms with Crippen molar-refractivity contribution in [1.82, 2.24) is 25.2 Å². The Hall–Kier alpha value is -3.19. The SMILES string of the molecule is CCCCCc1c(-c2ccc3c(Br)c(OCc4nnn[nH]4)ccc3c2)n(C)c2ccccc12. The predicted octanol–water partition coefficient (Wildman–Crippen LogP) is 6.59. The van der Waals surface area contributed by atoms with Gasteiger partial charge in [0.25, 0.3) is 0 Å². The number of halogens is 1. The number of nitrogens with one attached hydrogen (secondary N) is 1. The molecule has 5 rings (SSSR count). The third-order valence-electron chi connectivity index (χ3n) is 6.19. The number of nitrogens with zero attached hydrogens (tertiary/aromatic N) is 4. The van der Waals surface area contributed by atoms with E-state index >= 15 is 0 Å². The molecule has 0 aliphatic carbocycles. The predicted molar refractivity (Wildman–Crippen MR) is 135 cm³/mol. The van der Waals surface area contributed by atoms with Crippen LogP contribution in [0.1, 0.15) is 37.6 Å². The Morgan fingerprint density at radius 2 is 1.91 bits per heavy atom. The van der Waals surface area contributed by atoms with Crippen LogP contribution < -0.4 is 4.74 Å². The first-order chi connectivity index (χ1) is 16.2. The maximum absolute atomic E-state index is 5.91. The quantitative estimate of drug-likeness (QED) is 0.242. The van der Waals surface area contributed by atoms with Crippen LogP contribution in [0.5, 0.6) is 5.75 Å². The number of fused-ring (bicyclic) bond motifs is 2. The summed E-state index contributed by atoms with van der Waals surface area (Å²) in [7, 11) is 2.18. The van der Waals surface area contributed by atoms with Gasteiger partial charge in [-0.15, -0.1) is 5.10 Å². The fourth-order valence-electron chi connectivity index (χ4n) is 4.56. The highest BCUT2D eigenvalue weighted by molar-refractivity contribution is 9.10. The summed E-state index contributed by atoms with van der Waals surface area (Å²) in [6.07, 6.45) is 4.77. The zero-order valence-electron chi connectivity index (χ0n) is 18.8. The summed E-state index contributed by atoms with van der Waals surface area (Å²) < 4.78 is 9.19. The Labute approximate surface area is 201 Å². The molecule has 0 fully saturated rings. The molecular formula is C26H26BrN5O. The van der Waals surface area contributed by atoms with Gasteiger partial charge in [0.2, 0.25) is 0 Å². The normalized spacial score (nSPS) is 11.5. The number of para-hydroxylation sites is 1. The number of benzene rings is 3. The third kappa shape index (κ3) is 4.13. The molecule has 0 unspecified atom stereocenters. The van der Waals surface area contributed by atoms with E-state index in [0.717, 1.165) is 27.4 Å². The highest BCUT2D eigenvalue weighted by Crippen LogP contribution is 2.38. The van der Waals surface area contributed by atoms with Gasteiger partial charge in [-0.3, -0.25) is 0 Å². The second kappa shape index (κ2) is 9.35. The van der Waals surface area contributed by atoms with Crippen LogP contribution >= 0.6 is 15.9 Å². The minimum absolute atomic E-state index is 0.284. The number of rotatable bonds is 8. The Balaban J connectivity index is 1.54. The molecule has 2 heterocycles. The molecule has 0 aliphatic rings. The summed E-state index contributed by atoms with van der Waals surface area (Å²) >= 11 is 3.73. The van der Waals surface area contributed by atoms with Crippen molar-refractivity contribution >= 4 is 37.6 Å². The Kier molecular flexibility index (Phi) is 6.13. The van der Waals surface area contributed by atoms with Crippen LogP contribution in [0.4, 0.5) is 0 Å². The van der Waals surface area contributed by atoms with E-state index in [4.69, 9.17) is 4.74 Å². The molecule has 0 aliphatic heterocycles. The highest BCUT2D eigenvalue weighted by Gasteiger charge is 2.17. The van der Waals surface area contributed by atoms with Gasteiger partial charge in [-0.25, -0.2) is 5.10 Å². The summed E-state index contributed by atoms with van der Waals surface area (Å²) in [6.45, 7) is 2.54. The van der Waals surface area contributed by atoms with E-state index in [1.165, 1.54) is 47.0 Å². The summed E-state index contributed by atoms with van der Waals surface area (Å²) in [4.78, 5) is 0. The second-order valence-electron chi connectivity index (χ2n) is 8.31. The first-order valence-corrected chi connectivity index (χ1v) is 12.1. The lowest BCUT2D eigenvalue weighted by atomic mass is 9.98. The molecular weight excluding hydrogens is 478 g/mol. The molecule has 0 saturated heterocycles. The van der Waals surface area contributed by atoms with Gasteiger partial charge in [0.1, 0.15) is 12.4 Å². The van der Waals surface area contributed by atoms with E-state index in [1.54, 1.807) is 0 Å². The summed E-state index contributed by atoms with van der Waals surface area (Å²) in [5.74, 6) is 1.35. The first kappa shape index (κ1) is 21.6. The van der Waals surface area contributed by atoms with Crippen molar-refractivity contribution in [3.05, 3.63) is 70.5 Å². The van der Waals surface area contributed by atoms with Gasteiger partial charge in [-0.2, -0.15) is 0 Å². The van der Waals surface area contributed by atoms with E-state index in [0.29, 0.717) is 5.82 Å². The van der Waals surface area contributed by atoms with Crippen LogP contribution in [0, 0.1) is 0 Å². The lowest BCUT2D eigenvalue weighted by molar-refractivity contribution is 0.294. The van der Waals surface area contributed by atoms with Gasteiger partial charge in [0.05, 0.1) is 10.2 Å². The molecule has 33 heavy (non-hydrogen) atoms. The fourth-order valence-corrected chi connectivity index (χ4v) is 5.17. The van der Waals surface area contributed by atoms with Crippen LogP contribution in [-0.2, 0) is 20.1 Å². The van der Waals surface area contributed by atoms with Gasteiger partial charge in [0, 0.05) is 18.0 Å². The zero-order valence-corrected chi connectivity index (χ0v) is 20.4. The number of ether oxygens (including phenoxy) is 1. The Morgan fingerprint density at radius 1 is 1.03 bits per heavy atom. The number of aromatic nitrogens is 5. The van der Waals surface area contributed by atoms with Gasteiger partial charge < -0.3 is 9.30 Å². The first-order valence-electron chi connectivity index (χ1n) is 11.3. The zero-order chi connectivity index (χ0) is 22.8. The number of hydrogen-bond donors (Lipinski definition) is 1. The number of tetrazole rings is 1. The van der Waals surface area contributed by atoms with Gasteiger partial charge in [0.15, 0.2) is 5.82 Å². The Morgan fingerprint density at radius 3 is 2.73 bits per heavy atom. The molecule has 0 bridgehead atoms. The molecule has 5 aromatic rings. The van der Waals surface area contributed by atoms with E-state index in [-0.39, 0.29) is 6.61 Å². The van der Waals surface area contributed by atoms with Crippen molar-refractivity contribution in [3.63, 3.8) is 0 Å². The number of aryl methyl sites for hydroxylation is 2. The minimum atomic E-state index is 0.284. The van der Waals surface area contributed by atoms with Crippen molar-refractivity contribution in [2.45, 2.75) is 39.2 Å². The number of H-pyrrole nitrogens is 1. The number of hydrogen-bond acceptors (Lipinski definition) is 4. The minimum Gasteiger partial charge on any atom is -0.484 e. The molecule has 0 radical (unpaired) electrons. The largest absolute Gasteiger partial charge is 0.484 e. The maximum Gasteiger partial charge on any atom is 0.186 e. The second-order valence-corrected chi connectivity index (χ2v) is 9.10. The van der Waals surface area contributed by atoms with Crippen LogP contribution in [0.15, 0.2) is 59.1 Å². The van der Waals surface area contributed by atoms with Gasteiger partial charge in [-0.1, -0.05) is 56.2 Å². The smallest absolute Gasteiger partial charge is 0.186 e. The molecule has 2 aromatic heterocycles. The third-order valence-corrected chi connectivity index (χ3v) is 7.01. The van der Waals surface area contributed by atoms with E-state index in [9.17, 15) is 0 Å². The molecule has 0 spiro atoms. The molecule has 1 N–H and O–H groups in total. The molecule has 3 aromatic carbocycles. The van der Waals surface area contributed by atoms with Crippen LogP contribution in [0.2, 0.25) is 0 Å². The van der Waals surface area contributed by atoms with Crippen molar-refractivity contribution in [2.24, 2.45) is 7.05 Å². The van der Waals surface area contributed by atoms with Crippen LogP contribution in [0.3, 0.4) is 0 Å². The lowest BCUT2D eigenvalue weighted by Gasteiger charge is -2.12. The number of unbranched alkanes of at least 4 members (excludes halogenated alkanes) is 2. The molecule has 6 nitrogen and oxygen atoms in total. The van der Waals surface area contributed by atoms with Crippen molar-refractivity contribution in [1.29, 1.82) is 0 Å². The fraction of sp³-hybridized carbons (Fsp3) is 0.269. The van der Waals surface area contributed by atoms with Crippen molar-refractivity contribution in [3.8, 4) is 17.0 Å². The molecule has 0 saturated carbocycles. The average molecular weight is 504 g/mol. The molecule has 0 atom stereocenters. The van der Waals surface area contributed by atoms with Crippen molar-refractivity contribution < 1.29 is 4.74 Å². The highest BCUT2D eigenvalue weighted by atomic mass is 79.9. The topological polar surface area (TPSA) is 68.6 Å². The Bertz CT molecular complexity index is 1410. The summed E-state index contributed by atoms with van der Waals surface area (Å²) in [5, 5.41) is 17.4. The van der Waals surface area contributed by atoms with E-state index in [2.05, 4.69) is 104 Å². The summed E-state index contributed by atoms with van der Waals surface area (Å²) in [5.41, 5.74) is 5.27. The van der Waals surface area contributed by atoms with Crippen molar-refractivity contribution in [2.75, 3.05) is 0 Å². The monoisotopic (exact) mass is 503 g/mol. The van der Waals surface area contributed by atoms with Crippen LogP contribution in [0.25, 0.3) is 32.9 Å². The van der Waals surface area contributed by atoms with Crippen LogP contribution in [-0.4, -0.2) is 25.2 Å². The molecule has 0 amide bonds. The average Bonchev–Trinajstić information content (AvgIpc) is 3.45. The van der Waals surface area contributed by atoms with Gasteiger partial charge in [-0.05, 0) is 79.3 Å². The molecule has 168 valence electrons. The standard InChI is InChI=1S/C26H26BrN5O/c1-3-4-5-9-21-20-8-6-7-10-22(20)32(2)26(21)18-11-13-19-17(15-18)12-14-23(25(19)27)33-16-24-28-30-31-29-24/h6-8,10-15H,3-5,9,16H2,1-2H3,(H,28,29,30,31). The maximum atomic E-state index is 5.91.